The second kappa shape index (κ2) is 7.86. The Labute approximate surface area is 136 Å². The SMILES string of the molecule is O=C(CN1CCC(N2CCOCC2)CC1)Nc1ccc(F)cc1. The zero-order chi connectivity index (χ0) is 16.1. The van der Waals surface area contributed by atoms with Crippen LogP contribution in [0.3, 0.4) is 0 Å². The van der Waals surface area contributed by atoms with Gasteiger partial charge in [0.2, 0.25) is 5.91 Å². The van der Waals surface area contributed by atoms with E-state index in [2.05, 4.69) is 15.1 Å². The maximum atomic E-state index is 12.9. The number of benzene rings is 1. The Balaban J connectivity index is 1.41. The topological polar surface area (TPSA) is 44.8 Å². The van der Waals surface area contributed by atoms with E-state index in [4.69, 9.17) is 4.74 Å². The lowest BCUT2D eigenvalue weighted by molar-refractivity contribution is -0.117. The Hall–Kier alpha value is -1.50. The van der Waals surface area contributed by atoms with Gasteiger partial charge >= 0.3 is 0 Å². The molecule has 6 heteroatoms. The van der Waals surface area contributed by atoms with Crippen molar-refractivity contribution in [3.8, 4) is 0 Å². The number of morpholine rings is 1. The molecule has 2 aliphatic heterocycles. The Morgan fingerprint density at radius 1 is 1.13 bits per heavy atom. The number of hydrogen-bond donors (Lipinski definition) is 1. The van der Waals surface area contributed by atoms with Gasteiger partial charge in [0.25, 0.3) is 0 Å². The summed E-state index contributed by atoms with van der Waals surface area (Å²) in [5.41, 5.74) is 0.639. The summed E-state index contributed by atoms with van der Waals surface area (Å²) in [6.07, 6.45) is 2.20. The lowest BCUT2D eigenvalue weighted by Crippen LogP contribution is -2.50. The highest BCUT2D eigenvalue weighted by Crippen LogP contribution is 2.17. The third-order valence-corrected chi connectivity index (χ3v) is 4.61. The van der Waals surface area contributed by atoms with Crippen molar-refractivity contribution in [2.24, 2.45) is 0 Å². The standard InChI is InChI=1S/C17H24FN3O2/c18-14-1-3-15(4-2-14)19-17(22)13-20-7-5-16(6-8-20)21-9-11-23-12-10-21/h1-4,16H,5-13H2,(H,19,22). The van der Waals surface area contributed by atoms with Crippen molar-refractivity contribution in [2.45, 2.75) is 18.9 Å². The molecule has 0 unspecified atom stereocenters. The van der Waals surface area contributed by atoms with Gasteiger partial charge in [-0.25, -0.2) is 4.39 Å². The number of halogens is 1. The summed E-state index contributed by atoms with van der Waals surface area (Å²) < 4.78 is 18.3. The third kappa shape index (κ3) is 4.73. The van der Waals surface area contributed by atoms with Gasteiger partial charge in [-0.3, -0.25) is 14.6 Å². The maximum absolute atomic E-state index is 12.9. The van der Waals surface area contributed by atoms with Gasteiger partial charge in [0.05, 0.1) is 19.8 Å². The summed E-state index contributed by atoms with van der Waals surface area (Å²) in [7, 11) is 0. The first-order valence-corrected chi connectivity index (χ1v) is 8.30. The van der Waals surface area contributed by atoms with Gasteiger partial charge in [-0.1, -0.05) is 0 Å². The Kier molecular flexibility index (Phi) is 5.59. The lowest BCUT2D eigenvalue weighted by atomic mass is 10.0. The van der Waals surface area contributed by atoms with Crippen LogP contribution >= 0.6 is 0 Å². The van der Waals surface area contributed by atoms with Crippen molar-refractivity contribution < 1.29 is 13.9 Å². The fourth-order valence-corrected chi connectivity index (χ4v) is 3.32. The number of hydrogen-bond acceptors (Lipinski definition) is 4. The van der Waals surface area contributed by atoms with Crippen molar-refractivity contribution in [1.82, 2.24) is 9.80 Å². The Morgan fingerprint density at radius 3 is 2.43 bits per heavy atom. The van der Waals surface area contributed by atoms with Crippen LogP contribution in [0.15, 0.2) is 24.3 Å². The number of anilines is 1. The second-order valence-electron chi connectivity index (χ2n) is 6.21. The molecule has 0 spiro atoms. The van der Waals surface area contributed by atoms with Gasteiger partial charge in [-0.05, 0) is 37.1 Å². The van der Waals surface area contributed by atoms with Crippen LogP contribution in [0.5, 0.6) is 0 Å². The zero-order valence-electron chi connectivity index (χ0n) is 13.3. The fraction of sp³-hybridized carbons (Fsp3) is 0.588. The van der Waals surface area contributed by atoms with Crippen molar-refractivity contribution in [3.05, 3.63) is 30.1 Å². The van der Waals surface area contributed by atoms with Crippen LogP contribution in [-0.2, 0) is 9.53 Å². The smallest absolute Gasteiger partial charge is 0.238 e. The first kappa shape index (κ1) is 16.4. The maximum Gasteiger partial charge on any atom is 0.238 e. The van der Waals surface area contributed by atoms with Gasteiger partial charge in [-0.2, -0.15) is 0 Å². The lowest BCUT2D eigenvalue weighted by Gasteiger charge is -2.39. The van der Waals surface area contributed by atoms with Gasteiger partial charge in [-0.15, -0.1) is 0 Å². The Morgan fingerprint density at radius 2 is 1.78 bits per heavy atom. The van der Waals surface area contributed by atoms with Crippen molar-refractivity contribution in [1.29, 1.82) is 0 Å². The van der Waals surface area contributed by atoms with Crippen molar-refractivity contribution >= 4 is 11.6 Å². The van der Waals surface area contributed by atoms with Crippen LogP contribution in [0.4, 0.5) is 10.1 Å². The van der Waals surface area contributed by atoms with E-state index < -0.39 is 0 Å². The molecule has 0 atom stereocenters. The molecular weight excluding hydrogens is 297 g/mol. The first-order valence-electron chi connectivity index (χ1n) is 8.30. The summed E-state index contributed by atoms with van der Waals surface area (Å²) >= 11 is 0. The number of carbonyl (C=O) groups excluding carboxylic acids is 1. The summed E-state index contributed by atoms with van der Waals surface area (Å²) in [6, 6.07) is 6.48. The molecule has 0 aromatic heterocycles. The monoisotopic (exact) mass is 321 g/mol. The summed E-state index contributed by atoms with van der Waals surface area (Å²) in [5, 5.41) is 2.82. The van der Waals surface area contributed by atoms with Crippen LogP contribution in [0.2, 0.25) is 0 Å². The van der Waals surface area contributed by atoms with E-state index in [0.29, 0.717) is 18.3 Å². The minimum absolute atomic E-state index is 0.0403. The molecule has 2 heterocycles. The van der Waals surface area contributed by atoms with Gasteiger partial charge in [0, 0.05) is 37.9 Å². The minimum atomic E-state index is -0.298. The molecule has 2 saturated heterocycles. The predicted octanol–water partition coefficient (Wildman–Crippen LogP) is 1.56. The average Bonchev–Trinajstić information content (AvgIpc) is 2.58. The molecule has 0 saturated carbocycles. The van der Waals surface area contributed by atoms with E-state index in [1.54, 1.807) is 12.1 Å². The number of carbonyl (C=O) groups is 1. The van der Waals surface area contributed by atoms with E-state index in [1.165, 1.54) is 12.1 Å². The largest absolute Gasteiger partial charge is 0.379 e. The second-order valence-corrected chi connectivity index (χ2v) is 6.21. The summed E-state index contributed by atoms with van der Waals surface area (Å²) in [4.78, 5) is 16.8. The molecular formula is C17H24FN3O2. The average molecular weight is 321 g/mol. The first-order chi connectivity index (χ1) is 11.2. The molecule has 1 amide bonds. The number of likely N-dealkylation sites (tertiary alicyclic amines) is 1. The Bertz CT molecular complexity index is 509. The molecule has 1 aromatic rings. The minimum Gasteiger partial charge on any atom is -0.379 e. The highest BCUT2D eigenvalue weighted by Gasteiger charge is 2.26. The molecule has 1 N–H and O–H groups in total. The van der Waals surface area contributed by atoms with E-state index in [0.717, 1.165) is 52.2 Å². The molecule has 5 nitrogen and oxygen atoms in total. The number of ether oxygens (including phenoxy) is 1. The molecule has 2 aliphatic rings. The number of piperidine rings is 1. The van der Waals surface area contributed by atoms with Gasteiger partial charge < -0.3 is 10.1 Å². The van der Waals surface area contributed by atoms with E-state index in [1.807, 2.05) is 0 Å². The van der Waals surface area contributed by atoms with Gasteiger partial charge in [0.15, 0.2) is 0 Å². The number of rotatable bonds is 4. The number of nitrogens with zero attached hydrogens (tertiary/aromatic N) is 2. The fourth-order valence-electron chi connectivity index (χ4n) is 3.32. The predicted molar refractivity (Wildman–Crippen MR) is 86.9 cm³/mol. The zero-order valence-corrected chi connectivity index (χ0v) is 13.3. The van der Waals surface area contributed by atoms with Crippen LogP contribution in [0, 0.1) is 5.82 Å². The molecule has 126 valence electrons. The molecule has 0 radical (unpaired) electrons. The van der Waals surface area contributed by atoms with Gasteiger partial charge in [0.1, 0.15) is 5.82 Å². The third-order valence-electron chi connectivity index (χ3n) is 4.61. The van der Waals surface area contributed by atoms with E-state index in [9.17, 15) is 9.18 Å². The molecule has 0 aliphatic carbocycles. The summed E-state index contributed by atoms with van der Waals surface area (Å²) in [5.74, 6) is -0.338. The van der Waals surface area contributed by atoms with E-state index in [-0.39, 0.29) is 11.7 Å². The molecule has 0 bridgehead atoms. The number of amides is 1. The van der Waals surface area contributed by atoms with Crippen LogP contribution in [0.25, 0.3) is 0 Å². The molecule has 23 heavy (non-hydrogen) atoms. The van der Waals surface area contributed by atoms with Crippen molar-refractivity contribution in [2.75, 3.05) is 51.3 Å². The van der Waals surface area contributed by atoms with Crippen LogP contribution < -0.4 is 5.32 Å². The quantitative estimate of drug-likeness (QED) is 0.914. The van der Waals surface area contributed by atoms with Crippen molar-refractivity contribution in [3.63, 3.8) is 0 Å². The van der Waals surface area contributed by atoms with E-state index >= 15 is 0 Å². The highest BCUT2D eigenvalue weighted by molar-refractivity contribution is 5.92. The molecule has 3 rings (SSSR count). The normalized spacial score (nSPS) is 21.3. The summed E-state index contributed by atoms with van der Waals surface area (Å²) in [6.45, 7) is 6.00. The number of nitrogens with one attached hydrogen (secondary N) is 1. The molecule has 2 fully saturated rings. The van der Waals surface area contributed by atoms with Crippen LogP contribution in [-0.4, -0.2) is 67.7 Å². The molecule has 1 aromatic carbocycles. The highest BCUT2D eigenvalue weighted by atomic mass is 19.1. The van der Waals surface area contributed by atoms with Crippen LogP contribution in [0.1, 0.15) is 12.8 Å².